The number of nitrogens with one attached hydrogen (secondary N) is 1. The Kier molecular flexibility index (Phi) is 4.51. The molecular formula is C8H15N3O3S2. The summed E-state index contributed by atoms with van der Waals surface area (Å²) in [4.78, 5) is 0.0778. The number of aromatic nitrogens is 1. The summed E-state index contributed by atoms with van der Waals surface area (Å²) in [6, 6.07) is 0. The molecule has 0 fully saturated rings. The minimum Gasteiger partial charge on any atom is -0.382 e. The van der Waals surface area contributed by atoms with Gasteiger partial charge in [-0.3, -0.25) is 0 Å². The molecular weight excluding hydrogens is 250 g/mol. The molecule has 0 unspecified atom stereocenters. The van der Waals surface area contributed by atoms with Crippen LogP contribution in [0.5, 0.6) is 0 Å². The average molecular weight is 265 g/mol. The lowest BCUT2D eigenvalue weighted by Crippen LogP contribution is -2.11. The molecule has 0 saturated heterocycles. The number of ether oxygens (including phenoxy) is 1. The molecule has 8 heteroatoms. The van der Waals surface area contributed by atoms with E-state index in [4.69, 9.17) is 10.5 Å². The van der Waals surface area contributed by atoms with Gasteiger partial charge in [-0.2, -0.15) is 4.37 Å². The largest absolute Gasteiger partial charge is 0.382 e. The maximum absolute atomic E-state index is 11.4. The van der Waals surface area contributed by atoms with E-state index in [1.54, 1.807) is 0 Å². The summed E-state index contributed by atoms with van der Waals surface area (Å²) in [6.45, 7) is 3.56. The number of anilines is 2. The van der Waals surface area contributed by atoms with E-state index in [1.807, 2.05) is 6.92 Å². The highest BCUT2D eigenvalue weighted by Gasteiger charge is 2.20. The molecule has 0 spiro atoms. The minimum atomic E-state index is -3.34. The summed E-state index contributed by atoms with van der Waals surface area (Å²) >= 11 is 1.04. The molecule has 0 aliphatic rings. The number of nitrogens with two attached hydrogens (primary N) is 1. The van der Waals surface area contributed by atoms with Crippen LogP contribution in [0.25, 0.3) is 0 Å². The van der Waals surface area contributed by atoms with E-state index in [9.17, 15) is 8.42 Å². The van der Waals surface area contributed by atoms with Crippen LogP contribution in [0.2, 0.25) is 0 Å². The molecule has 0 aromatic carbocycles. The zero-order chi connectivity index (χ0) is 12.2. The predicted octanol–water partition coefficient (Wildman–Crippen LogP) is 0.577. The van der Waals surface area contributed by atoms with E-state index in [1.165, 1.54) is 0 Å². The van der Waals surface area contributed by atoms with Gasteiger partial charge in [0.05, 0.1) is 6.61 Å². The topological polar surface area (TPSA) is 94.3 Å². The summed E-state index contributed by atoms with van der Waals surface area (Å²) in [6.07, 6.45) is 1.11. The van der Waals surface area contributed by atoms with Crippen molar-refractivity contribution in [3.63, 3.8) is 0 Å². The molecule has 1 aromatic rings. The molecule has 1 aromatic heterocycles. The van der Waals surface area contributed by atoms with Gasteiger partial charge in [-0.25, -0.2) is 8.42 Å². The lowest BCUT2D eigenvalue weighted by Gasteiger charge is -2.05. The standard InChI is InChI=1S/C8H15N3O3S2/c1-3-14-5-4-10-8-6(16(2,12)13)7(9)11-15-8/h10H,3-5H2,1-2H3,(H2,9,11). The van der Waals surface area contributed by atoms with Crippen molar-refractivity contribution in [2.45, 2.75) is 11.8 Å². The first-order valence-electron chi connectivity index (χ1n) is 4.73. The number of nitrogens with zero attached hydrogens (tertiary/aromatic N) is 1. The highest BCUT2D eigenvalue weighted by molar-refractivity contribution is 7.91. The Balaban J connectivity index is 2.74. The molecule has 1 heterocycles. The number of sulfone groups is 1. The zero-order valence-corrected chi connectivity index (χ0v) is 10.8. The van der Waals surface area contributed by atoms with Gasteiger partial charge in [-0.05, 0) is 18.5 Å². The average Bonchev–Trinajstić information content (AvgIpc) is 2.54. The number of hydrogen-bond donors (Lipinski definition) is 2. The van der Waals surface area contributed by atoms with Gasteiger partial charge in [-0.1, -0.05) is 0 Å². The van der Waals surface area contributed by atoms with Crippen LogP contribution in [-0.4, -0.2) is 38.8 Å². The second-order valence-electron chi connectivity index (χ2n) is 3.12. The maximum Gasteiger partial charge on any atom is 0.182 e. The van der Waals surface area contributed by atoms with Gasteiger partial charge in [0, 0.05) is 19.4 Å². The van der Waals surface area contributed by atoms with E-state index < -0.39 is 9.84 Å². The highest BCUT2D eigenvalue weighted by Crippen LogP contribution is 2.30. The Hall–Kier alpha value is -0.860. The van der Waals surface area contributed by atoms with Crippen LogP contribution in [0.3, 0.4) is 0 Å². The summed E-state index contributed by atoms with van der Waals surface area (Å²) in [7, 11) is -3.34. The Morgan fingerprint density at radius 1 is 1.56 bits per heavy atom. The molecule has 92 valence electrons. The fourth-order valence-electron chi connectivity index (χ4n) is 1.15. The second kappa shape index (κ2) is 5.46. The van der Waals surface area contributed by atoms with E-state index in [0.29, 0.717) is 24.8 Å². The molecule has 1 rings (SSSR count). The fraction of sp³-hybridized carbons (Fsp3) is 0.625. The van der Waals surface area contributed by atoms with Crippen LogP contribution >= 0.6 is 11.5 Å². The molecule has 16 heavy (non-hydrogen) atoms. The quantitative estimate of drug-likeness (QED) is 0.731. The van der Waals surface area contributed by atoms with Gasteiger partial charge in [0.2, 0.25) is 0 Å². The lowest BCUT2D eigenvalue weighted by molar-refractivity contribution is 0.158. The Bertz CT molecular complexity index is 441. The monoisotopic (exact) mass is 265 g/mol. The van der Waals surface area contributed by atoms with Crippen molar-refractivity contribution >= 4 is 32.2 Å². The smallest absolute Gasteiger partial charge is 0.182 e. The summed E-state index contributed by atoms with van der Waals surface area (Å²) in [5, 5.41) is 3.42. The first-order chi connectivity index (χ1) is 7.46. The molecule has 0 aliphatic carbocycles. The van der Waals surface area contributed by atoms with Gasteiger partial charge in [0.25, 0.3) is 0 Å². The van der Waals surface area contributed by atoms with Gasteiger partial charge >= 0.3 is 0 Å². The third-order valence-corrected chi connectivity index (χ3v) is 3.88. The molecule has 0 saturated carbocycles. The predicted molar refractivity (Wildman–Crippen MR) is 64.6 cm³/mol. The van der Waals surface area contributed by atoms with Crippen LogP contribution in [0.15, 0.2) is 4.90 Å². The van der Waals surface area contributed by atoms with Crippen molar-refractivity contribution in [1.29, 1.82) is 0 Å². The van der Waals surface area contributed by atoms with Crippen LogP contribution in [0.1, 0.15) is 6.92 Å². The van der Waals surface area contributed by atoms with Crippen LogP contribution < -0.4 is 11.1 Å². The van der Waals surface area contributed by atoms with Crippen molar-refractivity contribution in [3.8, 4) is 0 Å². The van der Waals surface area contributed by atoms with Crippen molar-refractivity contribution in [3.05, 3.63) is 0 Å². The molecule has 0 radical (unpaired) electrons. The fourth-order valence-corrected chi connectivity index (χ4v) is 3.24. The lowest BCUT2D eigenvalue weighted by atomic mass is 10.6. The third-order valence-electron chi connectivity index (χ3n) is 1.78. The molecule has 0 amide bonds. The summed E-state index contributed by atoms with van der Waals surface area (Å²) < 4.78 is 31.8. The number of hydrogen-bond acceptors (Lipinski definition) is 7. The third kappa shape index (κ3) is 3.32. The molecule has 0 atom stereocenters. The van der Waals surface area contributed by atoms with Crippen LogP contribution in [-0.2, 0) is 14.6 Å². The van der Waals surface area contributed by atoms with E-state index in [-0.39, 0.29) is 10.7 Å². The van der Waals surface area contributed by atoms with Crippen molar-refractivity contribution in [2.75, 3.05) is 37.1 Å². The SMILES string of the molecule is CCOCCNc1snc(N)c1S(C)(=O)=O. The molecule has 0 bridgehead atoms. The highest BCUT2D eigenvalue weighted by atomic mass is 32.2. The Morgan fingerprint density at radius 2 is 2.25 bits per heavy atom. The van der Waals surface area contributed by atoms with Gasteiger partial charge in [-0.15, -0.1) is 0 Å². The number of nitrogen functional groups attached to an aromatic ring is 1. The molecule has 3 N–H and O–H groups in total. The van der Waals surface area contributed by atoms with Crippen molar-refractivity contribution in [1.82, 2.24) is 4.37 Å². The van der Waals surface area contributed by atoms with E-state index in [0.717, 1.165) is 17.8 Å². The van der Waals surface area contributed by atoms with Gasteiger partial charge < -0.3 is 15.8 Å². The van der Waals surface area contributed by atoms with Gasteiger partial charge in [0.15, 0.2) is 15.7 Å². The van der Waals surface area contributed by atoms with Crippen LogP contribution in [0, 0.1) is 0 Å². The second-order valence-corrected chi connectivity index (χ2v) is 5.85. The van der Waals surface area contributed by atoms with Crippen molar-refractivity contribution < 1.29 is 13.2 Å². The normalized spacial score (nSPS) is 11.6. The Labute approximate surface area is 98.9 Å². The Morgan fingerprint density at radius 3 is 2.81 bits per heavy atom. The van der Waals surface area contributed by atoms with Gasteiger partial charge in [0.1, 0.15) is 9.90 Å². The number of rotatable bonds is 6. The molecule has 0 aliphatic heterocycles. The van der Waals surface area contributed by atoms with Crippen LogP contribution in [0.4, 0.5) is 10.8 Å². The van der Waals surface area contributed by atoms with E-state index >= 15 is 0 Å². The van der Waals surface area contributed by atoms with E-state index in [2.05, 4.69) is 9.69 Å². The summed E-state index contributed by atoms with van der Waals surface area (Å²) in [5.41, 5.74) is 5.51. The zero-order valence-electron chi connectivity index (χ0n) is 9.19. The summed E-state index contributed by atoms with van der Waals surface area (Å²) in [5.74, 6) is 0.0476. The molecule has 6 nitrogen and oxygen atoms in total. The first kappa shape index (κ1) is 13.2. The maximum atomic E-state index is 11.4. The van der Waals surface area contributed by atoms with Crippen molar-refractivity contribution in [2.24, 2.45) is 0 Å². The minimum absolute atomic E-state index is 0.0476. The first-order valence-corrected chi connectivity index (χ1v) is 7.40.